The highest BCUT2D eigenvalue weighted by Crippen LogP contribution is 2.12. The summed E-state index contributed by atoms with van der Waals surface area (Å²) >= 11 is 0. The molecule has 0 amide bonds. The molecule has 0 saturated heterocycles. The van der Waals surface area contributed by atoms with E-state index in [0.717, 1.165) is 6.42 Å². The molecule has 0 aromatic carbocycles. The van der Waals surface area contributed by atoms with Crippen molar-refractivity contribution in [3.8, 4) is 0 Å². The Kier molecular flexibility index (Phi) is 14.6. The molecule has 21 heavy (non-hydrogen) atoms. The van der Waals surface area contributed by atoms with Crippen LogP contribution in [0.3, 0.4) is 0 Å². The van der Waals surface area contributed by atoms with E-state index in [2.05, 4.69) is 19.6 Å². The summed E-state index contributed by atoms with van der Waals surface area (Å²) < 4.78 is 0. The number of aliphatic carboxylic acids is 1. The SMILES string of the molecule is C=C(CC=CCCCCCCCCCCCCC)C(=O)O. The fourth-order valence-electron chi connectivity index (χ4n) is 2.36. The Bertz CT molecular complexity index is 292. The summed E-state index contributed by atoms with van der Waals surface area (Å²) in [5.74, 6) is -0.894. The molecule has 0 fully saturated rings. The van der Waals surface area contributed by atoms with Gasteiger partial charge in [-0.05, 0) is 19.3 Å². The van der Waals surface area contributed by atoms with E-state index in [4.69, 9.17) is 5.11 Å². The van der Waals surface area contributed by atoms with Crippen LogP contribution < -0.4 is 0 Å². The first-order chi connectivity index (χ1) is 10.2. The molecule has 0 unspecified atom stereocenters. The van der Waals surface area contributed by atoms with E-state index < -0.39 is 5.97 Å². The van der Waals surface area contributed by atoms with Crippen LogP contribution in [-0.4, -0.2) is 11.1 Å². The summed E-state index contributed by atoms with van der Waals surface area (Å²) in [5, 5.41) is 8.65. The van der Waals surface area contributed by atoms with Gasteiger partial charge in [0.1, 0.15) is 0 Å². The van der Waals surface area contributed by atoms with Gasteiger partial charge < -0.3 is 5.11 Å². The van der Waals surface area contributed by atoms with Crippen molar-refractivity contribution in [2.75, 3.05) is 0 Å². The second-order valence-corrected chi connectivity index (χ2v) is 5.91. The van der Waals surface area contributed by atoms with E-state index in [0.29, 0.717) is 6.42 Å². The maximum atomic E-state index is 10.5. The van der Waals surface area contributed by atoms with Crippen LogP contribution in [0, 0.1) is 0 Å². The van der Waals surface area contributed by atoms with Gasteiger partial charge in [0.05, 0.1) is 0 Å². The molecule has 0 atom stereocenters. The van der Waals surface area contributed by atoms with Crippen molar-refractivity contribution in [2.24, 2.45) is 0 Å². The predicted octanol–water partition coefficient (Wildman–Crippen LogP) is 6.27. The highest BCUT2D eigenvalue weighted by atomic mass is 16.4. The number of carboxylic acid groups (broad SMARTS) is 1. The van der Waals surface area contributed by atoms with Crippen molar-refractivity contribution < 1.29 is 9.90 Å². The van der Waals surface area contributed by atoms with Crippen molar-refractivity contribution in [3.05, 3.63) is 24.3 Å². The van der Waals surface area contributed by atoms with Crippen LogP contribution in [0.5, 0.6) is 0 Å². The van der Waals surface area contributed by atoms with Crippen LogP contribution in [-0.2, 0) is 4.79 Å². The van der Waals surface area contributed by atoms with Gasteiger partial charge in [-0.3, -0.25) is 0 Å². The monoisotopic (exact) mass is 294 g/mol. The summed E-state index contributed by atoms with van der Waals surface area (Å²) in [6, 6.07) is 0. The van der Waals surface area contributed by atoms with Crippen LogP contribution in [0.1, 0.15) is 90.4 Å². The van der Waals surface area contributed by atoms with Gasteiger partial charge in [0.15, 0.2) is 0 Å². The Balaban J connectivity index is 3.17. The van der Waals surface area contributed by atoms with E-state index in [1.807, 2.05) is 6.08 Å². The van der Waals surface area contributed by atoms with Gasteiger partial charge in [-0.1, -0.05) is 89.9 Å². The Morgan fingerprint density at radius 2 is 1.33 bits per heavy atom. The van der Waals surface area contributed by atoms with Gasteiger partial charge in [-0.2, -0.15) is 0 Å². The molecule has 0 bridgehead atoms. The van der Waals surface area contributed by atoms with E-state index in [1.54, 1.807) is 0 Å². The molecule has 0 spiro atoms. The highest BCUT2D eigenvalue weighted by Gasteiger charge is 1.99. The highest BCUT2D eigenvalue weighted by molar-refractivity contribution is 5.85. The first-order valence-electron chi connectivity index (χ1n) is 8.74. The summed E-state index contributed by atoms with van der Waals surface area (Å²) in [4.78, 5) is 10.5. The normalized spacial score (nSPS) is 11.1. The van der Waals surface area contributed by atoms with Crippen molar-refractivity contribution in [3.63, 3.8) is 0 Å². The molecular weight excluding hydrogens is 260 g/mol. The van der Waals surface area contributed by atoms with Crippen LogP contribution in [0.15, 0.2) is 24.3 Å². The lowest BCUT2D eigenvalue weighted by atomic mass is 10.1. The van der Waals surface area contributed by atoms with Gasteiger partial charge in [-0.25, -0.2) is 4.79 Å². The molecule has 0 aliphatic heterocycles. The third-order valence-electron chi connectivity index (χ3n) is 3.81. The van der Waals surface area contributed by atoms with Crippen LogP contribution in [0.2, 0.25) is 0 Å². The molecule has 0 aliphatic rings. The molecule has 0 heterocycles. The molecule has 0 aromatic rings. The van der Waals surface area contributed by atoms with Gasteiger partial charge in [-0.15, -0.1) is 0 Å². The van der Waals surface area contributed by atoms with E-state index in [-0.39, 0.29) is 5.57 Å². The number of carbonyl (C=O) groups is 1. The Morgan fingerprint density at radius 3 is 1.81 bits per heavy atom. The summed E-state index contributed by atoms with van der Waals surface area (Å²) in [6.07, 6.45) is 20.5. The Hall–Kier alpha value is -1.05. The summed E-state index contributed by atoms with van der Waals surface area (Å²) in [7, 11) is 0. The van der Waals surface area contributed by atoms with E-state index in [9.17, 15) is 4.79 Å². The zero-order valence-electron chi connectivity index (χ0n) is 13.9. The fourth-order valence-corrected chi connectivity index (χ4v) is 2.36. The molecule has 0 saturated carbocycles. The average Bonchev–Trinajstić information content (AvgIpc) is 2.47. The lowest BCUT2D eigenvalue weighted by molar-refractivity contribution is -0.132. The Labute approximate surface area is 131 Å². The smallest absolute Gasteiger partial charge is 0.331 e. The minimum atomic E-state index is -0.894. The third kappa shape index (κ3) is 15.2. The molecule has 0 aliphatic carbocycles. The van der Waals surface area contributed by atoms with Gasteiger partial charge in [0, 0.05) is 5.57 Å². The second-order valence-electron chi connectivity index (χ2n) is 5.91. The van der Waals surface area contributed by atoms with E-state index >= 15 is 0 Å². The minimum absolute atomic E-state index is 0.269. The zero-order valence-corrected chi connectivity index (χ0v) is 13.9. The molecule has 122 valence electrons. The van der Waals surface area contributed by atoms with Crippen molar-refractivity contribution in [1.82, 2.24) is 0 Å². The Morgan fingerprint density at radius 1 is 0.857 bits per heavy atom. The predicted molar refractivity (Wildman–Crippen MR) is 91.6 cm³/mol. The second kappa shape index (κ2) is 15.3. The van der Waals surface area contributed by atoms with Crippen LogP contribution >= 0.6 is 0 Å². The molecule has 2 heteroatoms. The molecule has 1 N–H and O–H groups in total. The van der Waals surface area contributed by atoms with Crippen LogP contribution in [0.4, 0.5) is 0 Å². The summed E-state index contributed by atoms with van der Waals surface area (Å²) in [5.41, 5.74) is 0.269. The molecular formula is C19H34O2. The third-order valence-corrected chi connectivity index (χ3v) is 3.81. The standard InChI is InChI=1S/C19H34O2/c1-3-4-5-6-7-8-9-10-11-12-13-14-15-16-17-18(2)19(20)21/h15-16H,2-14,17H2,1H3,(H,20,21). The van der Waals surface area contributed by atoms with Crippen LogP contribution in [0.25, 0.3) is 0 Å². The topological polar surface area (TPSA) is 37.3 Å². The fraction of sp³-hybridized carbons (Fsp3) is 0.737. The summed E-state index contributed by atoms with van der Waals surface area (Å²) in [6.45, 7) is 5.76. The molecule has 2 nitrogen and oxygen atoms in total. The van der Waals surface area contributed by atoms with Crippen molar-refractivity contribution in [2.45, 2.75) is 90.4 Å². The lowest BCUT2D eigenvalue weighted by Gasteiger charge is -2.01. The number of hydrogen-bond donors (Lipinski definition) is 1. The van der Waals surface area contributed by atoms with Gasteiger partial charge in [0.25, 0.3) is 0 Å². The van der Waals surface area contributed by atoms with Crippen molar-refractivity contribution >= 4 is 5.97 Å². The van der Waals surface area contributed by atoms with E-state index in [1.165, 1.54) is 70.6 Å². The minimum Gasteiger partial charge on any atom is -0.478 e. The number of carboxylic acids is 1. The largest absolute Gasteiger partial charge is 0.478 e. The van der Waals surface area contributed by atoms with Crippen molar-refractivity contribution in [1.29, 1.82) is 0 Å². The zero-order chi connectivity index (χ0) is 15.8. The number of unbranched alkanes of at least 4 members (excludes halogenated alkanes) is 11. The number of allylic oxidation sites excluding steroid dienone is 2. The van der Waals surface area contributed by atoms with Gasteiger partial charge >= 0.3 is 5.97 Å². The maximum absolute atomic E-state index is 10.5. The molecule has 0 rings (SSSR count). The molecule has 0 radical (unpaired) electrons. The average molecular weight is 294 g/mol. The number of rotatable bonds is 15. The first kappa shape index (κ1) is 19.9. The maximum Gasteiger partial charge on any atom is 0.331 e. The first-order valence-corrected chi connectivity index (χ1v) is 8.74. The lowest BCUT2D eigenvalue weighted by Crippen LogP contribution is -1.96. The molecule has 0 aromatic heterocycles. The number of hydrogen-bond acceptors (Lipinski definition) is 1. The quantitative estimate of drug-likeness (QED) is 0.219. The van der Waals surface area contributed by atoms with Gasteiger partial charge in [0.2, 0.25) is 0 Å².